The molecule has 3 heterocycles. The average molecular weight is 1420 g/mol. The zero-order valence-corrected chi connectivity index (χ0v) is 61.6. The van der Waals surface area contributed by atoms with E-state index in [1.54, 1.807) is 6.08 Å². The van der Waals surface area contributed by atoms with Gasteiger partial charge in [0.2, 0.25) is 5.91 Å². The van der Waals surface area contributed by atoms with Crippen LogP contribution in [-0.4, -0.2) is 193 Å². The van der Waals surface area contributed by atoms with E-state index in [1.807, 2.05) is 6.08 Å². The number of hydrogen-bond acceptors (Lipinski definition) is 18. The molecular formula is C81H141NO18. The molecule has 1 amide bonds. The zero-order chi connectivity index (χ0) is 72.5. The van der Waals surface area contributed by atoms with Crippen LogP contribution in [0.1, 0.15) is 277 Å². The standard InChI is InChI=1S/C81H141NO18/c1-3-5-7-9-11-13-15-17-19-21-23-25-27-28-29-30-31-32-33-34-35-36-37-39-41-43-45-47-49-51-53-55-57-59-69(87)82-64(65(86)58-56-54-52-50-48-46-44-42-40-38-26-24-22-20-18-16-14-12-10-8-6-4-2)63-95-79-75(93)72(90)77(67(61-84)97-79)100-81-76(94)73(91)78(68(62-85)98-81)99-80-74(92)71(89)70(88)66(60-83)96-80/h5,7,11,13,17,19,23,25,28-29,40,42,48,50,56,58,64-68,70-81,83-86,88-94H,3-4,6,8-10,12,14-16,18,20-22,24,26-27,30-39,41,43-47,49,51-55,57,59-63H2,1-2H3,(H,82,87)/b7-5-,13-11-,19-17-,25-23-,29-28-,42-40+,50-48+,58-56+. The van der Waals surface area contributed by atoms with E-state index in [-0.39, 0.29) is 18.9 Å². The summed E-state index contributed by atoms with van der Waals surface area (Å²) in [7, 11) is 0. The smallest absolute Gasteiger partial charge is 0.220 e. The lowest BCUT2D eigenvalue weighted by Gasteiger charge is -2.48. The minimum atomic E-state index is -1.99. The van der Waals surface area contributed by atoms with Crippen molar-refractivity contribution in [3.63, 3.8) is 0 Å². The molecule has 12 N–H and O–H groups in total. The monoisotopic (exact) mass is 1420 g/mol. The van der Waals surface area contributed by atoms with Crippen molar-refractivity contribution in [3.8, 4) is 0 Å². The van der Waals surface area contributed by atoms with Gasteiger partial charge in [-0.3, -0.25) is 4.79 Å². The Hall–Kier alpha value is -3.29. The molecule has 3 aliphatic rings. The van der Waals surface area contributed by atoms with Gasteiger partial charge in [-0.2, -0.15) is 0 Å². The summed E-state index contributed by atoms with van der Waals surface area (Å²) in [5.74, 6) is -0.290. The highest BCUT2D eigenvalue weighted by atomic mass is 16.8. The van der Waals surface area contributed by atoms with Crippen LogP contribution in [0.25, 0.3) is 0 Å². The first-order valence-corrected chi connectivity index (χ1v) is 39.5. The third-order valence-electron chi connectivity index (χ3n) is 19.1. The van der Waals surface area contributed by atoms with Gasteiger partial charge in [0, 0.05) is 6.42 Å². The summed E-state index contributed by atoms with van der Waals surface area (Å²) in [6, 6.07) is -1.00. The first kappa shape index (κ1) is 90.9. The molecule has 3 rings (SSSR count). The van der Waals surface area contributed by atoms with Gasteiger partial charge >= 0.3 is 0 Å². The van der Waals surface area contributed by atoms with E-state index >= 15 is 0 Å². The fraction of sp³-hybridized carbons (Fsp3) is 0.790. The average Bonchev–Trinajstić information content (AvgIpc) is 0.783. The Balaban J connectivity index is 1.38. The van der Waals surface area contributed by atoms with E-state index in [0.717, 1.165) is 77.0 Å². The second kappa shape index (κ2) is 60.9. The van der Waals surface area contributed by atoms with Gasteiger partial charge in [-0.05, 0) is 89.9 Å². The summed E-state index contributed by atoms with van der Waals surface area (Å²) in [6.07, 6.45) is 55.3. The molecule has 0 aliphatic carbocycles. The van der Waals surface area contributed by atoms with E-state index in [4.69, 9.17) is 28.4 Å². The molecule has 0 spiro atoms. The number of aliphatic hydroxyl groups excluding tert-OH is 11. The Morgan fingerprint density at radius 1 is 0.370 bits per heavy atom. The second-order valence-corrected chi connectivity index (χ2v) is 27.8. The van der Waals surface area contributed by atoms with Crippen molar-refractivity contribution in [1.82, 2.24) is 5.32 Å². The summed E-state index contributed by atoms with van der Waals surface area (Å²) >= 11 is 0. The fourth-order valence-electron chi connectivity index (χ4n) is 12.8. The highest BCUT2D eigenvalue weighted by Crippen LogP contribution is 2.33. The quantitative estimate of drug-likeness (QED) is 0.0199. The molecule has 0 aromatic rings. The molecule has 17 atom stereocenters. The number of rotatable bonds is 61. The van der Waals surface area contributed by atoms with E-state index in [9.17, 15) is 61.0 Å². The van der Waals surface area contributed by atoms with Gasteiger partial charge < -0.3 is 89.9 Å². The molecule has 19 nitrogen and oxygen atoms in total. The lowest BCUT2D eigenvalue weighted by molar-refractivity contribution is -0.379. The van der Waals surface area contributed by atoms with Crippen molar-refractivity contribution in [3.05, 3.63) is 97.2 Å². The Labute approximate surface area is 603 Å². The number of hydrogen-bond donors (Lipinski definition) is 12. The number of allylic oxidation sites excluding steroid dienone is 15. The van der Waals surface area contributed by atoms with E-state index in [2.05, 4.69) is 104 Å². The summed E-state index contributed by atoms with van der Waals surface area (Å²) < 4.78 is 34.4. The first-order chi connectivity index (χ1) is 48.8. The van der Waals surface area contributed by atoms with Crippen molar-refractivity contribution in [2.24, 2.45) is 0 Å². The maximum absolute atomic E-state index is 13.5. The minimum absolute atomic E-state index is 0.229. The van der Waals surface area contributed by atoms with Crippen LogP contribution in [0.15, 0.2) is 97.2 Å². The van der Waals surface area contributed by atoms with Crippen LogP contribution in [-0.2, 0) is 33.2 Å². The number of carbonyl (C=O) groups excluding carboxylic acids is 1. The van der Waals surface area contributed by atoms with Crippen LogP contribution in [0, 0.1) is 0 Å². The van der Waals surface area contributed by atoms with Crippen LogP contribution in [0.5, 0.6) is 0 Å². The Kier molecular flexibility index (Phi) is 55.4. The minimum Gasteiger partial charge on any atom is -0.394 e. The predicted octanol–water partition coefficient (Wildman–Crippen LogP) is 12.8. The van der Waals surface area contributed by atoms with Gasteiger partial charge in [0.25, 0.3) is 0 Å². The molecule has 0 aromatic carbocycles. The first-order valence-electron chi connectivity index (χ1n) is 39.5. The third kappa shape index (κ3) is 40.8. The molecule has 19 heteroatoms. The number of carbonyl (C=O) groups is 1. The predicted molar refractivity (Wildman–Crippen MR) is 397 cm³/mol. The molecule has 0 saturated carbocycles. The number of amides is 1. The Bertz CT molecular complexity index is 2190. The van der Waals surface area contributed by atoms with Crippen LogP contribution in [0.2, 0.25) is 0 Å². The van der Waals surface area contributed by atoms with Gasteiger partial charge in [0.1, 0.15) is 73.2 Å². The summed E-state index contributed by atoms with van der Waals surface area (Å²) in [4.78, 5) is 13.5. The van der Waals surface area contributed by atoms with Gasteiger partial charge in [0.15, 0.2) is 18.9 Å². The Morgan fingerprint density at radius 3 is 1.12 bits per heavy atom. The molecule has 17 unspecified atom stereocenters. The Morgan fingerprint density at radius 2 is 0.700 bits per heavy atom. The fourth-order valence-corrected chi connectivity index (χ4v) is 12.8. The summed E-state index contributed by atoms with van der Waals surface area (Å²) in [5.41, 5.74) is 0. The highest BCUT2D eigenvalue weighted by Gasteiger charge is 2.53. The lowest BCUT2D eigenvalue weighted by atomic mass is 9.96. The molecule has 0 aromatic heterocycles. The topological polar surface area (TPSA) is 307 Å². The second-order valence-electron chi connectivity index (χ2n) is 27.8. The number of aliphatic hydroxyl groups is 11. The molecule has 3 saturated heterocycles. The number of nitrogens with one attached hydrogen (secondary N) is 1. The van der Waals surface area contributed by atoms with Crippen molar-refractivity contribution in [1.29, 1.82) is 0 Å². The van der Waals surface area contributed by atoms with Crippen LogP contribution in [0.3, 0.4) is 0 Å². The van der Waals surface area contributed by atoms with Crippen molar-refractivity contribution >= 4 is 5.91 Å². The summed E-state index contributed by atoms with van der Waals surface area (Å²) in [5, 5.41) is 121. The molecule has 3 aliphatic heterocycles. The highest BCUT2D eigenvalue weighted by molar-refractivity contribution is 5.76. The zero-order valence-electron chi connectivity index (χ0n) is 61.6. The molecule has 3 fully saturated rings. The van der Waals surface area contributed by atoms with Crippen molar-refractivity contribution in [2.45, 2.75) is 381 Å². The van der Waals surface area contributed by atoms with Crippen molar-refractivity contribution in [2.75, 3.05) is 26.4 Å². The molecule has 100 heavy (non-hydrogen) atoms. The molecule has 0 bridgehead atoms. The molecule has 0 radical (unpaired) electrons. The van der Waals surface area contributed by atoms with E-state index < -0.39 is 124 Å². The summed E-state index contributed by atoms with van der Waals surface area (Å²) in [6.45, 7) is 1.61. The lowest BCUT2D eigenvalue weighted by Crippen LogP contribution is -2.66. The normalized spacial score (nSPS) is 27.0. The SMILES string of the molecule is CC/C=C\C/C=C\C/C=C\C/C=C\C/C=C\CCCCCCCCCCCCCCCCCCCC(=O)NC(COC1OC(CO)C(OC2OC(CO)C(OC3OC(CO)C(O)C(O)C3O)C(O)C2O)C(O)C1O)C(O)/C=C/CC/C=C/CC/C=C/CCCCCCCCCCCCCC. The van der Waals surface area contributed by atoms with Crippen LogP contribution < -0.4 is 5.32 Å². The van der Waals surface area contributed by atoms with Crippen LogP contribution in [0.4, 0.5) is 0 Å². The number of ether oxygens (including phenoxy) is 6. The van der Waals surface area contributed by atoms with E-state index in [0.29, 0.717) is 12.8 Å². The van der Waals surface area contributed by atoms with Crippen LogP contribution >= 0.6 is 0 Å². The van der Waals surface area contributed by atoms with Gasteiger partial charge in [-0.25, -0.2) is 0 Å². The van der Waals surface area contributed by atoms with Gasteiger partial charge in [-0.15, -0.1) is 0 Å². The van der Waals surface area contributed by atoms with Gasteiger partial charge in [-0.1, -0.05) is 278 Å². The van der Waals surface area contributed by atoms with Crippen molar-refractivity contribution < 1.29 is 89.4 Å². The maximum Gasteiger partial charge on any atom is 0.220 e. The maximum atomic E-state index is 13.5. The number of unbranched alkanes of at least 4 members (excludes halogenated alkanes) is 31. The molecule has 578 valence electrons. The van der Waals surface area contributed by atoms with E-state index in [1.165, 1.54) is 167 Å². The molecular weight excluding hydrogens is 1270 g/mol. The van der Waals surface area contributed by atoms with Gasteiger partial charge in [0.05, 0.1) is 38.6 Å². The third-order valence-corrected chi connectivity index (χ3v) is 19.1. The largest absolute Gasteiger partial charge is 0.394 e.